The predicted octanol–water partition coefficient (Wildman–Crippen LogP) is 3.68. The molecule has 0 nitrogen and oxygen atoms in total. The second-order valence-corrected chi connectivity index (χ2v) is 3.95. The van der Waals surface area contributed by atoms with Crippen LogP contribution in [0.15, 0.2) is 12.1 Å². The Hall–Kier alpha value is -0.510. The Morgan fingerprint density at radius 1 is 1.21 bits per heavy atom. The van der Waals surface area contributed by atoms with Crippen molar-refractivity contribution in [2.24, 2.45) is 5.92 Å². The van der Waals surface area contributed by atoms with Crippen molar-refractivity contribution in [2.75, 3.05) is 5.33 Å². The maximum atomic E-state index is 13.1. The molecular formula is C10H10BrF3. The molecule has 0 amide bonds. The Kier molecular flexibility index (Phi) is 3.98. The molecule has 0 aliphatic heterocycles. The van der Waals surface area contributed by atoms with E-state index in [2.05, 4.69) is 15.9 Å². The van der Waals surface area contributed by atoms with Crippen molar-refractivity contribution in [1.82, 2.24) is 0 Å². The summed E-state index contributed by atoms with van der Waals surface area (Å²) in [6.45, 7) is 1.90. The van der Waals surface area contributed by atoms with E-state index < -0.39 is 17.5 Å². The Bertz CT molecular complexity index is 325. The molecule has 1 aromatic rings. The summed E-state index contributed by atoms with van der Waals surface area (Å²) in [6, 6.07) is 2.24. The van der Waals surface area contributed by atoms with E-state index in [4.69, 9.17) is 0 Å². The SMILES string of the molecule is CC(CBr)Cc1ccc(F)c(F)c1F. The fourth-order valence-corrected chi connectivity index (χ4v) is 1.38. The lowest BCUT2D eigenvalue weighted by molar-refractivity contribution is 0.437. The topological polar surface area (TPSA) is 0 Å². The predicted molar refractivity (Wildman–Crippen MR) is 53.0 cm³/mol. The molecular weight excluding hydrogens is 257 g/mol. The number of halogens is 4. The minimum absolute atomic E-state index is 0.189. The zero-order valence-electron chi connectivity index (χ0n) is 7.66. The quantitative estimate of drug-likeness (QED) is 0.579. The normalized spacial score (nSPS) is 12.9. The molecule has 0 aliphatic carbocycles. The van der Waals surface area contributed by atoms with Gasteiger partial charge in [-0.15, -0.1) is 0 Å². The summed E-state index contributed by atoms with van der Waals surface area (Å²) < 4.78 is 38.5. The van der Waals surface area contributed by atoms with Crippen LogP contribution in [0, 0.1) is 23.4 Å². The van der Waals surface area contributed by atoms with Gasteiger partial charge in [0.1, 0.15) is 0 Å². The standard InChI is InChI=1S/C10H10BrF3/c1-6(5-11)4-7-2-3-8(12)10(14)9(7)13/h2-3,6H,4-5H2,1H3. The van der Waals surface area contributed by atoms with Gasteiger partial charge in [-0.25, -0.2) is 13.2 Å². The lowest BCUT2D eigenvalue weighted by atomic mass is 10.0. The van der Waals surface area contributed by atoms with E-state index in [1.807, 2.05) is 6.92 Å². The summed E-state index contributed by atoms with van der Waals surface area (Å²) in [5.41, 5.74) is 0.218. The van der Waals surface area contributed by atoms with E-state index in [1.54, 1.807) is 0 Å². The molecule has 0 heterocycles. The molecule has 14 heavy (non-hydrogen) atoms. The highest BCUT2D eigenvalue weighted by molar-refractivity contribution is 9.09. The molecule has 0 aliphatic rings. The van der Waals surface area contributed by atoms with Crippen LogP contribution >= 0.6 is 15.9 Å². The van der Waals surface area contributed by atoms with Crippen molar-refractivity contribution in [1.29, 1.82) is 0 Å². The molecule has 0 bridgehead atoms. The van der Waals surface area contributed by atoms with Crippen LogP contribution in [-0.2, 0) is 6.42 Å². The highest BCUT2D eigenvalue weighted by Crippen LogP contribution is 2.18. The molecule has 0 aromatic heterocycles. The third kappa shape index (κ3) is 2.50. The molecule has 1 aromatic carbocycles. The van der Waals surface area contributed by atoms with Gasteiger partial charge in [0.05, 0.1) is 0 Å². The van der Waals surface area contributed by atoms with Gasteiger partial charge in [-0.05, 0) is 24.0 Å². The summed E-state index contributed by atoms with van der Waals surface area (Å²) in [5.74, 6) is -3.41. The van der Waals surface area contributed by atoms with Crippen molar-refractivity contribution in [3.8, 4) is 0 Å². The summed E-state index contributed by atoms with van der Waals surface area (Å²) in [5, 5.41) is 0.700. The molecule has 0 radical (unpaired) electrons. The average molecular weight is 267 g/mol. The molecule has 0 saturated heterocycles. The third-order valence-corrected chi connectivity index (χ3v) is 3.05. The largest absolute Gasteiger partial charge is 0.204 e. The maximum absolute atomic E-state index is 13.1. The van der Waals surface area contributed by atoms with Crippen LogP contribution in [-0.4, -0.2) is 5.33 Å². The van der Waals surface area contributed by atoms with E-state index in [0.717, 1.165) is 6.07 Å². The zero-order chi connectivity index (χ0) is 10.7. The van der Waals surface area contributed by atoms with Gasteiger partial charge in [0.15, 0.2) is 17.5 Å². The highest BCUT2D eigenvalue weighted by Gasteiger charge is 2.14. The second kappa shape index (κ2) is 4.82. The summed E-state index contributed by atoms with van der Waals surface area (Å²) in [6.07, 6.45) is 0.397. The van der Waals surface area contributed by atoms with E-state index >= 15 is 0 Å². The number of hydrogen-bond donors (Lipinski definition) is 0. The van der Waals surface area contributed by atoms with Crippen molar-refractivity contribution < 1.29 is 13.2 Å². The Labute approximate surface area is 89.3 Å². The molecule has 78 valence electrons. The van der Waals surface area contributed by atoms with Gasteiger partial charge in [-0.3, -0.25) is 0 Å². The van der Waals surface area contributed by atoms with E-state index in [9.17, 15) is 13.2 Å². The van der Waals surface area contributed by atoms with Gasteiger partial charge in [-0.1, -0.05) is 28.9 Å². The molecule has 0 fully saturated rings. The fraction of sp³-hybridized carbons (Fsp3) is 0.400. The fourth-order valence-electron chi connectivity index (χ4n) is 1.15. The van der Waals surface area contributed by atoms with Gasteiger partial charge in [0, 0.05) is 5.33 Å². The summed E-state index contributed by atoms with van der Waals surface area (Å²) in [7, 11) is 0. The van der Waals surface area contributed by atoms with Gasteiger partial charge in [-0.2, -0.15) is 0 Å². The van der Waals surface area contributed by atoms with Crippen molar-refractivity contribution in [3.05, 3.63) is 35.1 Å². The number of alkyl halides is 1. The van der Waals surface area contributed by atoms with Crippen LogP contribution in [0.3, 0.4) is 0 Å². The van der Waals surface area contributed by atoms with Gasteiger partial charge < -0.3 is 0 Å². The maximum Gasteiger partial charge on any atom is 0.194 e. The van der Waals surface area contributed by atoms with Gasteiger partial charge >= 0.3 is 0 Å². The molecule has 4 heteroatoms. The first kappa shape index (κ1) is 11.6. The molecule has 0 N–H and O–H groups in total. The van der Waals surface area contributed by atoms with Crippen molar-refractivity contribution >= 4 is 15.9 Å². The molecule has 1 unspecified atom stereocenters. The van der Waals surface area contributed by atoms with Crippen LogP contribution in [0.4, 0.5) is 13.2 Å². The molecule has 0 spiro atoms. The number of hydrogen-bond acceptors (Lipinski definition) is 0. The van der Waals surface area contributed by atoms with E-state index in [0.29, 0.717) is 11.8 Å². The summed E-state index contributed by atoms with van der Waals surface area (Å²) >= 11 is 3.24. The first-order valence-corrected chi connectivity index (χ1v) is 5.36. The Morgan fingerprint density at radius 3 is 2.43 bits per heavy atom. The van der Waals surface area contributed by atoms with Gasteiger partial charge in [0.25, 0.3) is 0 Å². The van der Waals surface area contributed by atoms with Crippen LogP contribution in [0.5, 0.6) is 0 Å². The highest BCUT2D eigenvalue weighted by atomic mass is 79.9. The van der Waals surface area contributed by atoms with E-state index in [-0.39, 0.29) is 11.5 Å². The molecule has 0 saturated carbocycles. The lowest BCUT2D eigenvalue weighted by Gasteiger charge is -2.08. The number of rotatable bonds is 3. The Balaban J connectivity index is 2.94. The molecule has 1 rings (SSSR count). The van der Waals surface area contributed by atoms with Crippen LogP contribution < -0.4 is 0 Å². The number of benzene rings is 1. The Morgan fingerprint density at radius 2 is 1.86 bits per heavy atom. The average Bonchev–Trinajstić information content (AvgIpc) is 2.19. The first-order valence-electron chi connectivity index (χ1n) is 4.24. The van der Waals surface area contributed by atoms with Crippen LogP contribution in [0.2, 0.25) is 0 Å². The van der Waals surface area contributed by atoms with Crippen LogP contribution in [0.1, 0.15) is 12.5 Å². The lowest BCUT2D eigenvalue weighted by Crippen LogP contribution is -2.05. The molecule has 1 atom stereocenters. The second-order valence-electron chi connectivity index (χ2n) is 3.30. The summed E-state index contributed by atoms with van der Waals surface area (Å²) in [4.78, 5) is 0. The minimum Gasteiger partial charge on any atom is -0.204 e. The zero-order valence-corrected chi connectivity index (χ0v) is 9.24. The van der Waals surface area contributed by atoms with Crippen molar-refractivity contribution in [2.45, 2.75) is 13.3 Å². The third-order valence-electron chi connectivity index (χ3n) is 1.95. The smallest absolute Gasteiger partial charge is 0.194 e. The van der Waals surface area contributed by atoms with Crippen LogP contribution in [0.25, 0.3) is 0 Å². The minimum atomic E-state index is -1.38. The van der Waals surface area contributed by atoms with Crippen molar-refractivity contribution in [3.63, 3.8) is 0 Å². The van der Waals surface area contributed by atoms with Gasteiger partial charge in [0.2, 0.25) is 0 Å². The first-order chi connectivity index (χ1) is 6.56. The van der Waals surface area contributed by atoms with E-state index in [1.165, 1.54) is 6.07 Å². The monoisotopic (exact) mass is 266 g/mol.